The molecule has 1 aromatic heterocycles. The van der Waals surface area contributed by atoms with Crippen molar-refractivity contribution >= 4 is 26.7 Å². The molecule has 0 atom stereocenters. The van der Waals surface area contributed by atoms with Crippen molar-refractivity contribution in [3.8, 4) is 11.3 Å². The predicted molar refractivity (Wildman–Crippen MR) is 69.2 cm³/mol. The fourth-order valence-corrected chi connectivity index (χ4v) is 2.18. The number of benzene rings is 2. The Bertz CT molecular complexity index is 629. The zero-order valence-electron chi connectivity index (χ0n) is 8.44. The van der Waals surface area contributed by atoms with E-state index in [9.17, 15) is 0 Å². The van der Waals surface area contributed by atoms with E-state index in [1.807, 2.05) is 6.20 Å². The van der Waals surface area contributed by atoms with Crippen molar-refractivity contribution in [1.82, 2.24) is 9.97 Å². The predicted octanol–water partition coefficient (Wildman–Crippen LogP) is 3.99. The van der Waals surface area contributed by atoms with Crippen molar-refractivity contribution in [2.24, 2.45) is 0 Å². The molecule has 1 heterocycles. The molecule has 1 N–H and O–H groups in total. The Morgan fingerprint density at radius 1 is 1.00 bits per heavy atom. The van der Waals surface area contributed by atoms with Crippen LogP contribution in [0.5, 0.6) is 0 Å². The minimum Gasteiger partial charge on any atom is -0.345 e. The molecule has 16 heavy (non-hydrogen) atoms. The molecular weight excluding hydrogens is 264 g/mol. The van der Waals surface area contributed by atoms with E-state index in [-0.39, 0.29) is 0 Å². The highest BCUT2D eigenvalue weighted by atomic mass is 79.9. The third-order valence-corrected chi connectivity index (χ3v) is 3.10. The number of nitrogens with one attached hydrogen (secondary N) is 1. The van der Waals surface area contributed by atoms with Gasteiger partial charge < -0.3 is 4.98 Å². The lowest BCUT2D eigenvalue weighted by Gasteiger charge is -2.02. The summed E-state index contributed by atoms with van der Waals surface area (Å²) in [7, 11) is 0. The first kappa shape index (κ1) is 9.60. The fraction of sp³-hybridized carbons (Fsp3) is 0. The number of halogens is 1. The minimum atomic E-state index is 1.05. The summed E-state index contributed by atoms with van der Waals surface area (Å²) in [6.45, 7) is 0. The van der Waals surface area contributed by atoms with Crippen LogP contribution in [0, 0.1) is 0 Å². The Morgan fingerprint density at radius 2 is 1.81 bits per heavy atom. The molecule has 0 saturated heterocycles. The number of rotatable bonds is 1. The first-order valence-electron chi connectivity index (χ1n) is 5.01. The van der Waals surface area contributed by atoms with E-state index in [1.54, 1.807) is 6.33 Å². The van der Waals surface area contributed by atoms with Crippen LogP contribution in [-0.2, 0) is 0 Å². The van der Waals surface area contributed by atoms with Crippen LogP contribution < -0.4 is 0 Å². The summed E-state index contributed by atoms with van der Waals surface area (Å²) >= 11 is 3.47. The summed E-state index contributed by atoms with van der Waals surface area (Å²) in [5, 5.41) is 2.47. The topological polar surface area (TPSA) is 28.7 Å². The summed E-state index contributed by atoms with van der Waals surface area (Å²) < 4.78 is 1.11. The van der Waals surface area contributed by atoms with Gasteiger partial charge >= 0.3 is 0 Å². The molecule has 0 bridgehead atoms. The molecule has 2 aromatic carbocycles. The number of nitrogens with zero attached hydrogens (tertiary/aromatic N) is 1. The maximum atomic E-state index is 4.03. The first-order valence-corrected chi connectivity index (χ1v) is 5.80. The molecule has 0 aliphatic heterocycles. The SMILES string of the molecule is Brc1ccc2cc(-c3cnc[nH]3)ccc2c1. The molecule has 3 aromatic rings. The van der Waals surface area contributed by atoms with Crippen molar-refractivity contribution in [3.63, 3.8) is 0 Å². The summed E-state index contributed by atoms with van der Waals surface area (Å²) in [4.78, 5) is 7.14. The largest absolute Gasteiger partial charge is 0.345 e. The van der Waals surface area contributed by atoms with Gasteiger partial charge in [-0.1, -0.05) is 34.1 Å². The lowest BCUT2D eigenvalue weighted by atomic mass is 10.1. The van der Waals surface area contributed by atoms with Crippen LogP contribution in [0.3, 0.4) is 0 Å². The van der Waals surface area contributed by atoms with Crippen LogP contribution in [0.2, 0.25) is 0 Å². The highest BCUT2D eigenvalue weighted by molar-refractivity contribution is 9.10. The van der Waals surface area contributed by atoms with E-state index in [2.05, 4.69) is 62.3 Å². The van der Waals surface area contributed by atoms with Crippen molar-refractivity contribution in [1.29, 1.82) is 0 Å². The van der Waals surface area contributed by atoms with E-state index in [4.69, 9.17) is 0 Å². The van der Waals surface area contributed by atoms with Crippen molar-refractivity contribution in [2.75, 3.05) is 0 Å². The second kappa shape index (κ2) is 3.76. The van der Waals surface area contributed by atoms with E-state index in [0.29, 0.717) is 0 Å². The van der Waals surface area contributed by atoms with Gasteiger partial charge in [-0.15, -0.1) is 0 Å². The second-order valence-electron chi connectivity index (χ2n) is 3.67. The number of aromatic nitrogens is 2. The summed E-state index contributed by atoms with van der Waals surface area (Å²) in [5.74, 6) is 0. The zero-order chi connectivity index (χ0) is 11.0. The van der Waals surface area contributed by atoms with E-state index in [1.165, 1.54) is 10.8 Å². The standard InChI is InChI=1S/C13H9BrN2/c14-12-4-3-9-5-11(2-1-10(9)6-12)13-7-15-8-16-13/h1-8H,(H,15,16). The van der Waals surface area contributed by atoms with Gasteiger partial charge in [0.25, 0.3) is 0 Å². The van der Waals surface area contributed by atoms with Gasteiger partial charge in [-0.2, -0.15) is 0 Å². The van der Waals surface area contributed by atoms with Crippen LogP contribution in [-0.4, -0.2) is 9.97 Å². The molecule has 0 saturated carbocycles. The van der Waals surface area contributed by atoms with Crippen molar-refractivity contribution < 1.29 is 0 Å². The quantitative estimate of drug-likeness (QED) is 0.713. The monoisotopic (exact) mass is 272 g/mol. The van der Waals surface area contributed by atoms with E-state index < -0.39 is 0 Å². The van der Waals surface area contributed by atoms with Gasteiger partial charge in [0.2, 0.25) is 0 Å². The number of H-pyrrole nitrogens is 1. The molecule has 0 radical (unpaired) electrons. The average Bonchev–Trinajstić information content (AvgIpc) is 2.82. The molecule has 0 aliphatic rings. The number of aromatic amines is 1. The van der Waals surface area contributed by atoms with Crippen molar-refractivity contribution in [2.45, 2.75) is 0 Å². The Kier molecular flexibility index (Phi) is 2.26. The Hall–Kier alpha value is -1.61. The van der Waals surface area contributed by atoms with Gasteiger partial charge in [0.15, 0.2) is 0 Å². The molecule has 0 fully saturated rings. The zero-order valence-corrected chi connectivity index (χ0v) is 10.0. The van der Waals surface area contributed by atoms with Crippen LogP contribution in [0.15, 0.2) is 53.4 Å². The van der Waals surface area contributed by atoms with Crippen molar-refractivity contribution in [3.05, 3.63) is 53.4 Å². The minimum absolute atomic E-state index is 1.05. The summed E-state index contributed by atoms with van der Waals surface area (Å²) in [5.41, 5.74) is 2.21. The third kappa shape index (κ3) is 1.63. The Balaban J connectivity index is 2.20. The number of fused-ring (bicyclic) bond motifs is 1. The molecule has 3 rings (SSSR count). The molecule has 0 aliphatic carbocycles. The Morgan fingerprint density at radius 3 is 2.62 bits per heavy atom. The second-order valence-corrected chi connectivity index (χ2v) is 4.59. The molecule has 3 heteroatoms. The van der Waals surface area contributed by atoms with Crippen LogP contribution in [0.4, 0.5) is 0 Å². The van der Waals surface area contributed by atoms with Gasteiger partial charge in [0.1, 0.15) is 0 Å². The Labute approximate surface area is 101 Å². The van der Waals surface area contributed by atoms with Gasteiger partial charge in [0.05, 0.1) is 18.2 Å². The highest BCUT2D eigenvalue weighted by Crippen LogP contribution is 2.25. The smallest absolute Gasteiger partial charge is 0.0924 e. The highest BCUT2D eigenvalue weighted by Gasteiger charge is 2.00. The third-order valence-electron chi connectivity index (χ3n) is 2.61. The van der Waals surface area contributed by atoms with Gasteiger partial charge in [-0.25, -0.2) is 4.98 Å². The molecule has 0 unspecified atom stereocenters. The van der Waals surface area contributed by atoms with Gasteiger partial charge in [-0.05, 0) is 29.0 Å². The lowest BCUT2D eigenvalue weighted by molar-refractivity contribution is 1.31. The number of hydrogen-bond acceptors (Lipinski definition) is 1. The number of hydrogen-bond donors (Lipinski definition) is 1. The molecule has 0 amide bonds. The van der Waals surface area contributed by atoms with Crippen LogP contribution in [0.1, 0.15) is 0 Å². The summed E-state index contributed by atoms with van der Waals surface area (Å²) in [6.07, 6.45) is 3.53. The van der Waals surface area contributed by atoms with E-state index >= 15 is 0 Å². The molecular formula is C13H9BrN2. The van der Waals surface area contributed by atoms with Gasteiger partial charge in [0, 0.05) is 10.0 Å². The van der Waals surface area contributed by atoms with E-state index in [0.717, 1.165) is 15.7 Å². The normalized spacial score (nSPS) is 10.8. The molecule has 2 nitrogen and oxygen atoms in total. The number of imidazole rings is 1. The van der Waals surface area contributed by atoms with Crippen LogP contribution in [0.25, 0.3) is 22.0 Å². The van der Waals surface area contributed by atoms with Crippen LogP contribution >= 0.6 is 15.9 Å². The molecule has 0 spiro atoms. The average molecular weight is 273 g/mol. The fourth-order valence-electron chi connectivity index (χ4n) is 1.80. The maximum absolute atomic E-state index is 4.03. The van der Waals surface area contributed by atoms with Gasteiger partial charge in [-0.3, -0.25) is 0 Å². The molecule has 78 valence electrons. The lowest BCUT2D eigenvalue weighted by Crippen LogP contribution is -1.78. The first-order chi connectivity index (χ1) is 7.83. The summed E-state index contributed by atoms with van der Waals surface area (Å²) in [6, 6.07) is 12.7. The maximum Gasteiger partial charge on any atom is 0.0924 e.